The Kier molecular flexibility index (Phi) is 6.93. The van der Waals surface area contributed by atoms with E-state index in [1.54, 1.807) is 19.2 Å². The molecule has 1 N–H and O–H groups in total. The summed E-state index contributed by atoms with van der Waals surface area (Å²) in [5.74, 6) is 0.390. The predicted molar refractivity (Wildman–Crippen MR) is 88.1 cm³/mol. The molecule has 1 saturated carbocycles. The van der Waals surface area contributed by atoms with Crippen molar-refractivity contribution in [2.45, 2.75) is 51.2 Å². The number of ether oxygens (including phenoxy) is 1. The lowest BCUT2D eigenvalue weighted by molar-refractivity contribution is -0.148. The molecule has 0 aliphatic heterocycles. The Morgan fingerprint density at radius 1 is 1.32 bits per heavy atom. The third-order valence-corrected chi connectivity index (χ3v) is 4.52. The maximum atomic E-state index is 12.2. The van der Waals surface area contributed by atoms with Gasteiger partial charge in [0.1, 0.15) is 23.0 Å². The summed E-state index contributed by atoms with van der Waals surface area (Å²) in [6.07, 6.45) is 7.11. The molecule has 122 valence electrons. The summed E-state index contributed by atoms with van der Waals surface area (Å²) in [6.45, 7) is 0.156. The van der Waals surface area contributed by atoms with E-state index < -0.39 is 0 Å². The number of aromatic nitrogens is 1. The molecular weight excluding hydrogens is 323 g/mol. The van der Waals surface area contributed by atoms with E-state index in [4.69, 9.17) is 27.9 Å². The van der Waals surface area contributed by atoms with Gasteiger partial charge in [0.05, 0.1) is 0 Å². The zero-order valence-electron chi connectivity index (χ0n) is 12.8. The Balaban J connectivity index is 1.85. The summed E-state index contributed by atoms with van der Waals surface area (Å²) in [4.78, 5) is 16.1. The second kappa shape index (κ2) is 8.70. The van der Waals surface area contributed by atoms with Crippen molar-refractivity contribution in [3.8, 4) is 0 Å². The van der Waals surface area contributed by atoms with Crippen LogP contribution >= 0.6 is 23.2 Å². The van der Waals surface area contributed by atoms with Crippen LogP contribution in [-0.2, 0) is 16.1 Å². The van der Waals surface area contributed by atoms with E-state index in [1.807, 2.05) is 0 Å². The fourth-order valence-corrected chi connectivity index (χ4v) is 3.45. The van der Waals surface area contributed by atoms with E-state index >= 15 is 0 Å². The van der Waals surface area contributed by atoms with Crippen molar-refractivity contribution in [1.29, 1.82) is 0 Å². The second-order valence-corrected chi connectivity index (χ2v) is 6.58. The minimum Gasteiger partial charge on any atom is -0.460 e. The number of likely N-dealkylation sites (N-methyl/N-ethyl adjacent to an activating group) is 1. The first-order chi connectivity index (χ1) is 10.6. The van der Waals surface area contributed by atoms with Crippen LogP contribution < -0.4 is 5.32 Å². The highest BCUT2D eigenvalue weighted by molar-refractivity contribution is 6.32. The first-order valence-electron chi connectivity index (χ1n) is 7.74. The largest absolute Gasteiger partial charge is 0.460 e. The third kappa shape index (κ3) is 5.41. The smallest absolute Gasteiger partial charge is 0.323 e. The van der Waals surface area contributed by atoms with Crippen LogP contribution in [0.3, 0.4) is 0 Å². The Hall–Kier alpha value is -0.840. The predicted octanol–water partition coefficient (Wildman–Crippen LogP) is 3.99. The van der Waals surface area contributed by atoms with E-state index in [0.717, 1.165) is 12.0 Å². The first kappa shape index (κ1) is 17.5. The highest BCUT2D eigenvalue weighted by atomic mass is 35.5. The Morgan fingerprint density at radius 2 is 1.95 bits per heavy atom. The molecule has 0 aromatic carbocycles. The minimum atomic E-state index is -0.254. The molecule has 0 radical (unpaired) electrons. The summed E-state index contributed by atoms with van der Waals surface area (Å²) in [7, 11) is 1.80. The number of nitrogens with zero attached hydrogens (tertiary/aromatic N) is 1. The summed E-state index contributed by atoms with van der Waals surface area (Å²) >= 11 is 11.7. The molecule has 1 aromatic rings. The lowest BCUT2D eigenvalue weighted by Crippen LogP contribution is -2.37. The number of esters is 1. The highest BCUT2D eigenvalue weighted by Gasteiger charge is 2.24. The molecule has 1 aromatic heterocycles. The number of hydrogen-bond donors (Lipinski definition) is 1. The van der Waals surface area contributed by atoms with Crippen LogP contribution in [0.2, 0.25) is 10.3 Å². The van der Waals surface area contributed by atoms with Gasteiger partial charge in [-0.2, -0.15) is 0 Å². The van der Waals surface area contributed by atoms with Gasteiger partial charge in [-0.15, -0.1) is 0 Å². The van der Waals surface area contributed by atoms with Crippen molar-refractivity contribution in [1.82, 2.24) is 10.3 Å². The third-order valence-electron chi connectivity index (χ3n) is 4.13. The molecule has 0 spiro atoms. The van der Waals surface area contributed by atoms with Crippen LogP contribution in [0.5, 0.6) is 0 Å². The molecule has 22 heavy (non-hydrogen) atoms. The van der Waals surface area contributed by atoms with Gasteiger partial charge in [-0.1, -0.05) is 55.3 Å². The van der Waals surface area contributed by atoms with Crippen LogP contribution in [0.1, 0.15) is 44.1 Å². The maximum Gasteiger partial charge on any atom is 0.323 e. The zero-order valence-corrected chi connectivity index (χ0v) is 14.3. The lowest BCUT2D eigenvalue weighted by atomic mass is 9.85. The van der Waals surface area contributed by atoms with Crippen molar-refractivity contribution >= 4 is 29.2 Å². The van der Waals surface area contributed by atoms with E-state index in [-0.39, 0.29) is 18.6 Å². The molecule has 4 nitrogen and oxygen atoms in total. The fourth-order valence-electron chi connectivity index (χ4n) is 2.94. The number of hydrogen-bond acceptors (Lipinski definition) is 4. The van der Waals surface area contributed by atoms with Crippen molar-refractivity contribution in [2.75, 3.05) is 7.05 Å². The molecule has 1 aliphatic rings. The van der Waals surface area contributed by atoms with Gasteiger partial charge >= 0.3 is 5.97 Å². The van der Waals surface area contributed by atoms with Crippen LogP contribution in [0, 0.1) is 5.92 Å². The van der Waals surface area contributed by atoms with Crippen LogP contribution in [0.4, 0.5) is 0 Å². The van der Waals surface area contributed by atoms with Crippen LogP contribution in [0.25, 0.3) is 0 Å². The summed E-state index contributed by atoms with van der Waals surface area (Å²) in [5, 5.41) is 3.66. The van der Waals surface area contributed by atoms with Gasteiger partial charge in [-0.05, 0) is 37.1 Å². The lowest BCUT2D eigenvalue weighted by Gasteiger charge is -2.25. The van der Waals surface area contributed by atoms with Gasteiger partial charge in [-0.3, -0.25) is 4.79 Å². The monoisotopic (exact) mass is 344 g/mol. The Labute approximate surface area is 141 Å². The van der Waals surface area contributed by atoms with Crippen molar-refractivity contribution in [3.05, 3.63) is 28.0 Å². The van der Waals surface area contributed by atoms with Crippen molar-refractivity contribution in [2.24, 2.45) is 5.92 Å². The van der Waals surface area contributed by atoms with Gasteiger partial charge in [-0.25, -0.2) is 4.98 Å². The quantitative estimate of drug-likeness (QED) is 0.626. The standard InChI is InChI=1S/C16H22Cl2N2O2/c1-19-13(7-11-5-3-2-4-6-11)16(21)22-10-12-8-14(17)20-15(18)9-12/h8-9,11,13,19H,2-7,10H2,1H3/t13-/m0/s1. The van der Waals surface area contributed by atoms with Crippen LogP contribution in [0.15, 0.2) is 12.1 Å². The number of carbonyl (C=O) groups is 1. The van der Waals surface area contributed by atoms with E-state index in [2.05, 4.69) is 10.3 Å². The van der Waals surface area contributed by atoms with Gasteiger partial charge < -0.3 is 10.1 Å². The van der Waals surface area contributed by atoms with Gasteiger partial charge in [0.25, 0.3) is 0 Å². The topological polar surface area (TPSA) is 51.2 Å². The molecule has 0 bridgehead atoms. The zero-order chi connectivity index (χ0) is 15.9. The number of carbonyl (C=O) groups excluding carboxylic acids is 1. The molecular formula is C16H22Cl2N2O2. The minimum absolute atomic E-state index is 0.156. The molecule has 1 heterocycles. The van der Waals surface area contributed by atoms with E-state index in [0.29, 0.717) is 16.2 Å². The van der Waals surface area contributed by atoms with Crippen molar-refractivity contribution in [3.63, 3.8) is 0 Å². The fraction of sp³-hybridized carbons (Fsp3) is 0.625. The summed E-state index contributed by atoms with van der Waals surface area (Å²) in [6, 6.07) is 3.04. The van der Waals surface area contributed by atoms with Crippen LogP contribution in [-0.4, -0.2) is 24.0 Å². The van der Waals surface area contributed by atoms with Gasteiger partial charge in [0.2, 0.25) is 0 Å². The molecule has 1 atom stereocenters. The summed E-state index contributed by atoms with van der Waals surface area (Å²) in [5.41, 5.74) is 0.742. The average Bonchev–Trinajstić information content (AvgIpc) is 2.50. The number of rotatable bonds is 6. The SMILES string of the molecule is CN[C@@H](CC1CCCCC1)C(=O)OCc1cc(Cl)nc(Cl)c1. The Bertz CT molecular complexity index is 485. The average molecular weight is 345 g/mol. The number of pyridine rings is 1. The van der Waals surface area contributed by atoms with Gasteiger partial charge in [0.15, 0.2) is 0 Å². The normalized spacial score (nSPS) is 17.2. The second-order valence-electron chi connectivity index (χ2n) is 5.81. The highest BCUT2D eigenvalue weighted by Crippen LogP contribution is 2.27. The Morgan fingerprint density at radius 3 is 2.55 bits per heavy atom. The van der Waals surface area contributed by atoms with Gasteiger partial charge in [0, 0.05) is 0 Å². The molecule has 0 unspecified atom stereocenters. The molecule has 1 fully saturated rings. The summed E-state index contributed by atoms with van der Waals surface area (Å²) < 4.78 is 5.39. The molecule has 1 aliphatic carbocycles. The molecule has 0 amide bonds. The molecule has 6 heteroatoms. The molecule has 2 rings (SSSR count). The van der Waals surface area contributed by atoms with E-state index in [9.17, 15) is 4.79 Å². The molecule has 0 saturated heterocycles. The number of nitrogens with one attached hydrogen (secondary N) is 1. The number of halogens is 2. The first-order valence-corrected chi connectivity index (χ1v) is 8.50. The van der Waals surface area contributed by atoms with Crippen molar-refractivity contribution < 1.29 is 9.53 Å². The van der Waals surface area contributed by atoms with E-state index in [1.165, 1.54) is 32.1 Å². The maximum absolute atomic E-state index is 12.2.